The van der Waals surface area contributed by atoms with E-state index in [1.165, 1.54) is 11.0 Å². The number of aromatic nitrogens is 4. The van der Waals surface area contributed by atoms with Crippen LogP contribution in [-0.2, 0) is 0 Å². The maximum atomic E-state index is 13.1. The maximum Gasteiger partial charge on any atom is 0.254 e. The summed E-state index contributed by atoms with van der Waals surface area (Å²) in [6.07, 6.45) is 2.52. The second-order valence-electron chi connectivity index (χ2n) is 6.77. The van der Waals surface area contributed by atoms with Crippen molar-refractivity contribution in [1.82, 2.24) is 25.1 Å². The van der Waals surface area contributed by atoms with Crippen LogP contribution in [-0.4, -0.2) is 62.4 Å². The lowest BCUT2D eigenvalue weighted by Gasteiger charge is -2.30. The summed E-state index contributed by atoms with van der Waals surface area (Å²) in [6, 6.07) is 13.2. The van der Waals surface area contributed by atoms with E-state index in [0.717, 1.165) is 24.0 Å². The molecule has 1 aliphatic rings. The zero-order chi connectivity index (χ0) is 19.5. The summed E-state index contributed by atoms with van der Waals surface area (Å²) in [5.41, 5.74) is 2.89. The van der Waals surface area contributed by atoms with E-state index in [-0.39, 0.29) is 5.91 Å². The molecule has 8 heteroatoms. The van der Waals surface area contributed by atoms with Gasteiger partial charge in [-0.25, -0.2) is 4.68 Å². The highest BCUT2D eigenvalue weighted by Gasteiger charge is 2.24. The summed E-state index contributed by atoms with van der Waals surface area (Å²) >= 11 is 0. The highest BCUT2D eigenvalue weighted by Crippen LogP contribution is 2.32. The molecule has 1 fully saturated rings. The van der Waals surface area contributed by atoms with Crippen molar-refractivity contribution >= 4 is 5.91 Å². The highest BCUT2D eigenvalue weighted by molar-refractivity contribution is 5.96. The molecule has 0 bridgehead atoms. The number of tetrazole rings is 1. The van der Waals surface area contributed by atoms with Crippen molar-refractivity contribution in [3.8, 4) is 22.6 Å². The Morgan fingerprint density at radius 2 is 2.11 bits per heavy atom. The minimum atomic E-state index is -0.478. The third-order valence-electron chi connectivity index (χ3n) is 4.88. The van der Waals surface area contributed by atoms with Crippen LogP contribution in [0.4, 0.5) is 0 Å². The second-order valence-corrected chi connectivity index (χ2v) is 6.77. The second kappa shape index (κ2) is 7.77. The van der Waals surface area contributed by atoms with Crippen molar-refractivity contribution in [1.29, 1.82) is 0 Å². The van der Waals surface area contributed by atoms with Gasteiger partial charge in [0.1, 0.15) is 12.1 Å². The zero-order valence-electron chi connectivity index (χ0n) is 15.5. The molecule has 0 radical (unpaired) electrons. The predicted molar refractivity (Wildman–Crippen MR) is 102 cm³/mol. The lowest BCUT2D eigenvalue weighted by Crippen LogP contribution is -2.42. The van der Waals surface area contributed by atoms with Crippen LogP contribution in [0.25, 0.3) is 16.8 Å². The maximum absolute atomic E-state index is 13.1. The van der Waals surface area contributed by atoms with Gasteiger partial charge in [0.25, 0.3) is 5.91 Å². The average Bonchev–Trinajstić information content (AvgIpc) is 3.28. The van der Waals surface area contributed by atoms with Gasteiger partial charge in [-0.05, 0) is 53.1 Å². The number of aliphatic hydroxyl groups is 1. The number of hydrogen-bond donors (Lipinski definition) is 1. The van der Waals surface area contributed by atoms with Crippen LogP contribution in [0.5, 0.6) is 5.75 Å². The van der Waals surface area contributed by atoms with Gasteiger partial charge in [-0.3, -0.25) is 4.79 Å². The summed E-state index contributed by atoms with van der Waals surface area (Å²) in [6.45, 7) is 0.979. The van der Waals surface area contributed by atoms with Crippen LogP contribution in [0, 0.1) is 0 Å². The molecule has 1 amide bonds. The Kier molecular flexibility index (Phi) is 5.03. The van der Waals surface area contributed by atoms with E-state index in [4.69, 9.17) is 4.74 Å². The molecule has 8 nitrogen and oxygen atoms in total. The van der Waals surface area contributed by atoms with Crippen molar-refractivity contribution in [2.45, 2.75) is 18.9 Å². The van der Waals surface area contributed by atoms with Gasteiger partial charge in [-0.1, -0.05) is 18.2 Å². The number of β-amino-alcohol motifs (C(OH)–C–C–N with tert-alkyl or cyclic N) is 1. The van der Waals surface area contributed by atoms with Crippen LogP contribution in [0.2, 0.25) is 0 Å². The topological polar surface area (TPSA) is 93.4 Å². The molecule has 2 heterocycles. The van der Waals surface area contributed by atoms with Gasteiger partial charge >= 0.3 is 0 Å². The number of ether oxygens (including phenoxy) is 1. The Balaban J connectivity index is 1.80. The Morgan fingerprint density at radius 1 is 1.25 bits per heavy atom. The Bertz CT molecular complexity index is 974. The molecule has 1 aliphatic heterocycles. The molecule has 0 aliphatic carbocycles. The lowest BCUT2D eigenvalue weighted by atomic mass is 9.99. The third-order valence-corrected chi connectivity index (χ3v) is 4.88. The van der Waals surface area contributed by atoms with Crippen molar-refractivity contribution < 1.29 is 14.6 Å². The Hall–Kier alpha value is -3.26. The summed E-state index contributed by atoms with van der Waals surface area (Å²) in [7, 11) is 1.62. The summed E-state index contributed by atoms with van der Waals surface area (Å²) in [4.78, 5) is 14.8. The molecule has 2 aromatic carbocycles. The van der Waals surface area contributed by atoms with Crippen molar-refractivity contribution in [3.05, 3.63) is 54.4 Å². The van der Waals surface area contributed by atoms with E-state index in [0.29, 0.717) is 30.1 Å². The first-order valence-corrected chi connectivity index (χ1v) is 9.15. The number of para-hydroxylation sites is 1. The Labute approximate surface area is 162 Å². The fourth-order valence-corrected chi connectivity index (χ4v) is 3.51. The summed E-state index contributed by atoms with van der Waals surface area (Å²) < 4.78 is 7.00. The van der Waals surface area contributed by atoms with E-state index < -0.39 is 6.10 Å². The Morgan fingerprint density at radius 3 is 2.86 bits per heavy atom. The van der Waals surface area contributed by atoms with Gasteiger partial charge in [0.15, 0.2) is 0 Å². The number of carbonyl (C=O) groups excluding carboxylic acids is 1. The van der Waals surface area contributed by atoms with E-state index in [1.807, 2.05) is 36.4 Å². The van der Waals surface area contributed by atoms with Crippen LogP contribution in [0.1, 0.15) is 23.2 Å². The van der Waals surface area contributed by atoms with Crippen molar-refractivity contribution in [3.63, 3.8) is 0 Å². The minimum Gasteiger partial charge on any atom is -0.496 e. The average molecular weight is 379 g/mol. The summed E-state index contributed by atoms with van der Waals surface area (Å²) in [5.74, 6) is 0.591. The number of piperidine rings is 1. The number of likely N-dealkylation sites (tertiary alicyclic amines) is 1. The number of hydrogen-bond acceptors (Lipinski definition) is 6. The number of carbonyl (C=O) groups is 1. The van der Waals surface area contributed by atoms with Gasteiger partial charge in [-0.2, -0.15) is 0 Å². The number of benzene rings is 2. The standard InChI is InChI=1S/C20H21N5O3/c1-28-19-7-3-2-6-18(19)14-9-15(11-16(10-14)25-13-21-22-23-25)20(27)24-8-4-5-17(26)12-24/h2-3,6-7,9-11,13,17,26H,4-5,8,12H2,1H3. The lowest BCUT2D eigenvalue weighted by molar-refractivity contribution is 0.0474. The molecule has 1 unspecified atom stereocenters. The number of amides is 1. The summed E-state index contributed by atoms with van der Waals surface area (Å²) in [5, 5.41) is 21.3. The van der Waals surface area contributed by atoms with E-state index in [9.17, 15) is 9.90 Å². The van der Waals surface area contributed by atoms with Crippen molar-refractivity contribution in [2.75, 3.05) is 20.2 Å². The molecule has 144 valence electrons. The molecule has 1 N–H and O–H groups in total. The van der Waals surface area contributed by atoms with Crippen molar-refractivity contribution in [2.24, 2.45) is 0 Å². The molecule has 1 aromatic heterocycles. The van der Waals surface area contributed by atoms with Gasteiger partial charge in [0.05, 0.1) is 18.9 Å². The van der Waals surface area contributed by atoms with E-state index >= 15 is 0 Å². The van der Waals surface area contributed by atoms with Gasteiger partial charge in [0.2, 0.25) is 0 Å². The zero-order valence-corrected chi connectivity index (χ0v) is 15.5. The molecule has 4 rings (SSSR count). The molecule has 0 spiro atoms. The molecule has 1 saturated heterocycles. The van der Waals surface area contributed by atoms with E-state index in [2.05, 4.69) is 15.5 Å². The fraction of sp³-hybridized carbons (Fsp3) is 0.300. The molecule has 0 saturated carbocycles. The first-order valence-electron chi connectivity index (χ1n) is 9.15. The SMILES string of the molecule is COc1ccccc1-c1cc(C(=O)N2CCCC(O)C2)cc(-n2cnnn2)c1. The largest absolute Gasteiger partial charge is 0.496 e. The molecular weight excluding hydrogens is 358 g/mol. The fourth-order valence-electron chi connectivity index (χ4n) is 3.51. The molecule has 3 aromatic rings. The predicted octanol–water partition coefficient (Wildman–Crippen LogP) is 1.93. The quantitative estimate of drug-likeness (QED) is 0.745. The highest BCUT2D eigenvalue weighted by atomic mass is 16.5. The minimum absolute atomic E-state index is 0.121. The van der Waals surface area contributed by atoms with Gasteiger partial charge in [0, 0.05) is 24.2 Å². The van der Waals surface area contributed by atoms with Crippen LogP contribution in [0.3, 0.4) is 0 Å². The van der Waals surface area contributed by atoms with Gasteiger partial charge in [-0.15, -0.1) is 5.10 Å². The van der Waals surface area contributed by atoms with Crippen LogP contribution >= 0.6 is 0 Å². The molecule has 1 atom stereocenters. The molecule has 28 heavy (non-hydrogen) atoms. The normalized spacial score (nSPS) is 16.8. The monoisotopic (exact) mass is 379 g/mol. The molecular formula is C20H21N5O3. The van der Waals surface area contributed by atoms with Gasteiger partial charge < -0.3 is 14.7 Å². The first kappa shape index (κ1) is 18.1. The van der Waals surface area contributed by atoms with Crippen LogP contribution < -0.4 is 4.74 Å². The van der Waals surface area contributed by atoms with E-state index in [1.54, 1.807) is 18.1 Å². The number of rotatable bonds is 4. The first-order chi connectivity index (χ1) is 13.7. The van der Waals surface area contributed by atoms with Crippen LogP contribution in [0.15, 0.2) is 48.8 Å². The smallest absolute Gasteiger partial charge is 0.254 e. The third kappa shape index (κ3) is 3.59. The number of aliphatic hydroxyl groups excluding tert-OH is 1. The number of nitrogens with zero attached hydrogens (tertiary/aromatic N) is 5. The number of methoxy groups -OCH3 is 1.